The van der Waals surface area contributed by atoms with Gasteiger partial charge in [-0.15, -0.1) is 0 Å². The van der Waals surface area contributed by atoms with Gasteiger partial charge in [-0.05, 0) is 18.1 Å². The van der Waals surface area contributed by atoms with E-state index in [2.05, 4.69) is 12.1 Å². The number of halogens is 1. The predicted octanol–water partition coefficient (Wildman–Crippen LogP) is 3.84. The van der Waals surface area contributed by atoms with Crippen LogP contribution in [0.3, 0.4) is 0 Å². The summed E-state index contributed by atoms with van der Waals surface area (Å²) in [6.45, 7) is 1.96. The molecule has 0 aliphatic rings. The van der Waals surface area contributed by atoms with Gasteiger partial charge in [0.1, 0.15) is 0 Å². The SMILES string of the molecule is CC(/C=C/c1ccccc1)=C\Cl. The van der Waals surface area contributed by atoms with Crippen molar-refractivity contribution >= 4 is 17.7 Å². The Bertz CT molecular complexity index is 283. The van der Waals surface area contributed by atoms with Crippen LogP contribution in [0.15, 0.2) is 47.5 Å². The van der Waals surface area contributed by atoms with Crippen molar-refractivity contribution in [1.29, 1.82) is 0 Å². The first-order valence-corrected chi connectivity index (χ1v) is 4.26. The van der Waals surface area contributed by atoms with Crippen LogP contribution in [0.2, 0.25) is 0 Å². The van der Waals surface area contributed by atoms with Gasteiger partial charge in [-0.3, -0.25) is 0 Å². The van der Waals surface area contributed by atoms with Gasteiger partial charge in [-0.1, -0.05) is 54.1 Å². The van der Waals surface area contributed by atoms with Crippen LogP contribution in [0.1, 0.15) is 12.5 Å². The molecular formula is C11H11Cl. The van der Waals surface area contributed by atoms with Crippen molar-refractivity contribution in [2.45, 2.75) is 6.92 Å². The van der Waals surface area contributed by atoms with Gasteiger partial charge >= 0.3 is 0 Å². The molecule has 0 saturated carbocycles. The van der Waals surface area contributed by atoms with Crippen LogP contribution in [0, 0.1) is 0 Å². The third kappa shape index (κ3) is 2.93. The second-order valence-corrected chi connectivity index (χ2v) is 2.82. The smallest absolute Gasteiger partial charge is 0.00717 e. The van der Waals surface area contributed by atoms with Gasteiger partial charge in [0.2, 0.25) is 0 Å². The van der Waals surface area contributed by atoms with Crippen molar-refractivity contribution < 1.29 is 0 Å². The molecule has 0 aromatic heterocycles. The molecule has 0 heterocycles. The van der Waals surface area contributed by atoms with Gasteiger partial charge in [0.05, 0.1) is 0 Å². The second-order valence-electron chi connectivity index (χ2n) is 2.60. The molecule has 12 heavy (non-hydrogen) atoms. The van der Waals surface area contributed by atoms with E-state index in [1.165, 1.54) is 5.56 Å². The third-order valence-corrected chi connectivity index (χ3v) is 1.85. The maximum Gasteiger partial charge on any atom is 0.00717 e. The van der Waals surface area contributed by atoms with Crippen molar-refractivity contribution in [3.05, 3.63) is 53.1 Å². The number of benzene rings is 1. The minimum atomic E-state index is 1.06. The van der Waals surface area contributed by atoms with E-state index in [1.807, 2.05) is 37.3 Å². The lowest BCUT2D eigenvalue weighted by atomic mass is 10.2. The molecule has 1 heteroatoms. The Morgan fingerprint density at radius 3 is 2.50 bits per heavy atom. The van der Waals surface area contributed by atoms with Crippen LogP contribution in [0.4, 0.5) is 0 Å². The zero-order valence-electron chi connectivity index (χ0n) is 7.00. The predicted molar refractivity (Wildman–Crippen MR) is 55.1 cm³/mol. The Hall–Kier alpha value is -1.01. The van der Waals surface area contributed by atoms with Crippen LogP contribution >= 0.6 is 11.6 Å². The Kier molecular flexibility index (Phi) is 3.62. The topological polar surface area (TPSA) is 0 Å². The average molecular weight is 179 g/mol. The summed E-state index contributed by atoms with van der Waals surface area (Å²) in [5.41, 5.74) is 3.82. The summed E-state index contributed by atoms with van der Waals surface area (Å²) < 4.78 is 0. The second kappa shape index (κ2) is 4.78. The zero-order chi connectivity index (χ0) is 8.81. The van der Waals surface area contributed by atoms with E-state index in [0.717, 1.165) is 5.57 Å². The van der Waals surface area contributed by atoms with E-state index < -0.39 is 0 Å². The number of hydrogen-bond acceptors (Lipinski definition) is 0. The summed E-state index contributed by atoms with van der Waals surface area (Å²) in [5.74, 6) is 0. The molecular weight excluding hydrogens is 168 g/mol. The van der Waals surface area contributed by atoms with Crippen LogP contribution in [-0.2, 0) is 0 Å². The number of hydrogen-bond donors (Lipinski definition) is 0. The number of rotatable bonds is 2. The fraction of sp³-hybridized carbons (Fsp3) is 0.0909. The highest BCUT2D eigenvalue weighted by Crippen LogP contribution is 2.04. The largest absolute Gasteiger partial charge is 0.0927 e. The summed E-state index contributed by atoms with van der Waals surface area (Å²) in [7, 11) is 0. The lowest BCUT2D eigenvalue weighted by Crippen LogP contribution is -1.69. The summed E-state index contributed by atoms with van der Waals surface area (Å²) in [4.78, 5) is 0. The minimum absolute atomic E-state index is 1.06. The highest BCUT2D eigenvalue weighted by Gasteiger charge is 1.82. The van der Waals surface area contributed by atoms with Crippen molar-refractivity contribution in [2.75, 3.05) is 0 Å². The molecule has 0 unspecified atom stereocenters. The van der Waals surface area contributed by atoms with Gasteiger partial charge in [0.25, 0.3) is 0 Å². The van der Waals surface area contributed by atoms with Crippen LogP contribution < -0.4 is 0 Å². The zero-order valence-corrected chi connectivity index (χ0v) is 7.75. The van der Waals surface area contributed by atoms with Gasteiger partial charge in [-0.2, -0.15) is 0 Å². The highest BCUT2D eigenvalue weighted by molar-refractivity contribution is 6.25. The third-order valence-electron chi connectivity index (χ3n) is 1.51. The van der Waals surface area contributed by atoms with Gasteiger partial charge in [-0.25, -0.2) is 0 Å². The maximum atomic E-state index is 5.50. The van der Waals surface area contributed by atoms with Gasteiger partial charge in [0.15, 0.2) is 0 Å². The Morgan fingerprint density at radius 2 is 1.92 bits per heavy atom. The van der Waals surface area contributed by atoms with Crippen molar-refractivity contribution in [2.24, 2.45) is 0 Å². The fourth-order valence-electron chi connectivity index (χ4n) is 0.828. The Balaban J connectivity index is 2.70. The van der Waals surface area contributed by atoms with E-state index >= 15 is 0 Å². The summed E-state index contributed by atoms with van der Waals surface area (Å²) in [6, 6.07) is 10.1. The molecule has 1 aromatic carbocycles. The van der Waals surface area contributed by atoms with Gasteiger partial charge < -0.3 is 0 Å². The summed E-state index contributed by atoms with van der Waals surface area (Å²) >= 11 is 5.50. The van der Waals surface area contributed by atoms with E-state index in [4.69, 9.17) is 11.6 Å². The molecule has 0 N–H and O–H groups in total. The number of allylic oxidation sites excluding steroid dienone is 2. The molecule has 0 bridgehead atoms. The molecule has 0 aliphatic heterocycles. The fourth-order valence-corrected chi connectivity index (χ4v) is 0.901. The normalized spacial score (nSPS) is 12.3. The van der Waals surface area contributed by atoms with Crippen LogP contribution in [0.25, 0.3) is 6.08 Å². The molecule has 0 aliphatic carbocycles. The minimum Gasteiger partial charge on any atom is -0.0927 e. The summed E-state index contributed by atoms with van der Waals surface area (Å²) in [5, 5.41) is 0. The first kappa shape index (κ1) is 9.08. The van der Waals surface area contributed by atoms with Crippen molar-refractivity contribution in [3.8, 4) is 0 Å². The molecule has 0 fully saturated rings. The van der Waals surface area contributed by atoms with Crippen LogP contribution in [-0.4, -0.2) is 0 Å². The molecule has 0 amide bonds. The van der Waals surface area contributed by atoms with E-state index in [-0.39, 0.29) is 0 Å². The standard InChI is InChI=1S/C11H11Cl/c1-10(9-12)7-8-11-5-3-2-4-6-11/h2-9H,1H3/b8-7+,10-9+. The molecule has 0 saturated heterocycles. The molecule has 0 nitrogen and oxygen atoms in total. The summed E-state index contributed by atoms with van der Waals surface area (Å²) in [6.07, 6.45) is 4.02. The Labute approximate surface area is 78.2 Å². The quantitative estimate of drug-likeness (QED) is 0.604. The highest BCUT2D eigenvalue weighted by atomic mass is 35.5. The van der Waals surface area contributed by atoms with Crippen LogP contribution in [0.5, 0.6) is 0 Å². The average Bonchev–Trinajstić information content (AvgIpc) is 2.16. The van der Waals surface area contributed by atoms with Crippen molar-refractivity contribution in [1.82, 2.24) is 0 Å². The van der Waals surface area contributed by atoms with Crippen molar-refractivity contribution in [3.63, 3.8) is 0 Å². The van der Waals surface area contributed by atoms with E-state index in [1.54, 1.807) is 5.54 Å². The molecule has 0 radical (unpaired) electrons. The molecule has 0 atom stereocenters. The lowest BCUT2D eigenvalue weighted by Gasteiger charge is -1.90. The monoisotopic (exact) mass is 178 g/mol. The maximum absolute atomic E-state index is 5.50. The molecule has 1 aromatic rings. The molecule has 0 spiro atoms. The lowest BCUT2D eigenvalue weighted by molar-refractivity contribution is 1.56. The van der Waals surface area contributed by atoms with E-state index in [9.17, 15) is 0 Å². The first-order chi connectivity index (χ1) is 5.83. The molecule has 62 valence electrons. The molecule has 1 rings (SSSR count). The Morgan fingerprint density at radius 1 is 1.25 bits per heavy atom. The van der Waals surface area contributed by atoms with E-state index in [0.29, 0.717) is 0 Å². The first-order valence-electron chi connectivity index (χ1n) is 3.83. The van der Waals surface area contributed by atoms with Gasteiger partial charge in [0, 0.05) is 5.54 Å².